The van der Waals surface area contributed by atoms with E-state index in [1.54, 1.807) is 0 Å². The van der Waals surface area contributed by atoms with Gasteiger partial charge in [-0.2, -0.15) is 0 Å². The van der Waals surface area contributed by atoms with Gasteiger partial charge < -0.3 is 0 Å². The van der Waals surface area contributed by atoms with E-state index in [1.165, 1.54) is 79.7 Å². The Morgan fingerprint density at radius 2 is 1.00 bits per heavy atom. The summed E-state index contributed by atoms with van der Waals surface area (Å²) >= 11 is 0.270. The van der Waals surface area contributed by atoms with Gasteiger partial charge in [0.15, 0.2) is 0 Å². The maximum absolute atomic E-state index is 2.49. The van der Waals surface area contributed by atoms with E-state index in [0.717, 1.165) is 5.69 Å². The number of aromatic nitrogens is 1. The first-order valence-electron chi connectivity index (χ1n) is 16.0. The predicted octanol–water partition coefficient (Wildman–Crippen LogP) is 11.9. The summed E-state index contributed by atoms with van der Waals surface area (Å²) in [5.41, 5.74) is 7.11. The van der Waals surface area contributed by atoms with E-state index in [4.69, 9.17) is 0 Å². The third-order valence-corrected chi connectivity index (χ3v) is 11.9. The van der Waals surface area contributed by atoms with Crippen molar-refractivity contribution in [3.8, 4) is 5.69 Å². The van der Waals surface area contributed by atoms with Gasteiger partial charge in [0, 0.05) is 0 Å². The second-order valence-electron chi connectivity index (χ2n) is 12.2. The molecule has 47 heavy (non-hydrogen) atoms. The Kier molecular flexibility index (Phi) is 5.92. The van der Waals surface area contributed by atoms with Crippen LogP contribution in [-0.4, -0.2) is 19.1 Å². The molecule has 0 aliphatic rings. The third kappa shape index (κ3) is 4.11. The first kappa shape index (κ1) is 26.6. The van der Waals surface area contributed by atoms with E-state index in [2.05, 4.69) is 179 Å². The topological polar surface area (TPSA) is 8.17 Å². The normalized spacial score (nSPS) is 11.8. The van der Waals surface area contributed by atoms with Gasteiger partial charge in [-0.15, -0.1) is 0 Å². The van der Waals surface area contributed by atoms with Crippen LogP contribution in [0.25, 0.3) is 68.3 Å². The van der Waals surface area contributed by atoms with Crippen LogP contribution in [0.15, 0.2) is 170 Å². The number of benzene rings is 8. The van der Waals surface area contributed by atoms with Gasteiger partial charge >= 0.3 is 273 Å². The standard InChI is InChI=1S/C44H28N2Se/c1-2-13-30(14-3-1)46-40-20-10-8-18-36(40)39-27-31(23-25-41(39)46)45(32-22-24-38-37-19-9-11-21-43(37)47-44(38)28-32)42-26-29-12-4-5-15-33(29)34-16-6-7-17-35(34)42/h1-28H. The van der Waals surface area contributed by atoms with E-state index in [1.807, 2.05) is 0 Å². The van der Waals surface area contributed by atoms with E-state index in [9.17, 15) is 0 Å². The fraction of sp³-hybridized carbons (Fsp3) is 0. The van der Waals surface area contributed by atoms with Crippen LogP contribution in [-0.2, 0) is 0 Å². The van der Waals surface area contributed by atoms with Gasteiger partial charge in [-0.05, 0) is 0 Å². The zero-order valence-corrected chi connectivity index (χ0v) is 27.2. The molecule has 8 aromatic carbocycles. The van der Waals surface area contributed by atoms with Crippen LogP contribution in [0.4, 0.5) is 17.1 Å². The fourth-order valence-corrected chi connectivity index (χ4v) is 9.85. The van der Waals surface area contributed by atoms with Gasteiger partial charge in [0.1, 0.15) is 0 Å². The molecule has 0 N–H and O–H groups in total. The molecule has 10 aromatic rings. The summed E-state index contributed by atoms with van der Waals surface area (Å²) < 4.78 is 5.29. The van der Waals surface area contributed by atoms with Crippen LogP contribution in [0.3, 0.4) is 0 Å². The summed E-state index contributed by atoms with van der Waals surface area (Å²) in [4.78, 5) is 2.49. The minimum atomic E-state index is 0.270. The molecule has 220 valence electrons. The van der Waals surface area contributed by atoms with E-state index < -0.39 is 0 Å². The average molecular weight is 664 g/mol. The van der Waals surface area contributed by atoms with Gasteiger partial charge in [0.2, 0.25) is 0 Å². The Morgan fingerprint density at radius 3 is 1.87 bits per heavy atom. The Morgan fingerprint density at radius 1 is 0.383 bits per heavy atom. The molecular weight excluding hydrogens is 635 g/mol. The van der Waals surface area contributed by atoms with Gasteiger partial charge in [-0.25, -0.2) is 0 Å². The van der Waals surface area contributed by atoms with Crippen LogP contribution in [0.2, 0.25) is 0 Å². The molecule has 0 unspecified atom stereocenters. The average Bonchev–Trinajstić information content (AvgIpc) is 3.67. The maximum atomic E-state index is 2.49. The van der Waals surface area contributed by atoms with Crippen molar-refractivity contribution in [3.63, 3.8) is 0 Å². The van der Waals surface area contributed by atoms with Crippen LogP contribution >= 0.6 is 0 Å². The number of para-hydroxylation sites is 2. The van der Waals surface area contributed by atoms with Gasteiger partial charge in [0.25, 0.3) is 0 Å². The number of rotatable bonds is 4. The Balaban J connectivity index is 1.28. The molecule has 0 saturated heterocycles. The summed E-state index contributed by atoms with van der Waals surface area (Å²) in [6.45, 7) is 0. The third-order valence-electron chi connectivity index (χ3n) is 9.54. The molecule has 0 radical (unpaired) electrons. The van der Waals surface area contributed by atoms with Gasteiger partial charge in [0.05, 0.1) is 0 Å². The molecule has 0 bridgehead atoms. The number of fused-ring (bicyclic) bond motifs is 9. The molecule has 2 heterocycles. The van der Waals surface area contributed by atoms with Gasteiger partial charge in [-0.1, -0.05) is 6.07 Å². The van der Waals surface area contributed by atoms with Crippen LogP contribution in [0.1, 0.15) is 0 Å². The summed E-state index contributed by atoms with van der Waals surface area (Å²) in [6, 6.07) is 62.5. The van der Waals surface area contributed by atoms with Crippen molar-refractivity contribution in [2.45, 2.75) is 0 Å². The summed E-state index contributed by atoms with van der Waals surface area (Å²) in [7, 11) is 0. The fourth-order valence-electron chi connectivity index (χ4n) is 7.46. The quantitative estimate of drug-likeness (QED) is 0.134. The number of hydrogen-bond donors (Lipinski definition) is 0. The van der Waals surface area contributed by atoms with E-state index >= 15 is 0 Å². The second kappa shape index (κ2) is 10.5. The summed E-state index contributed by atoms with van der Waals surface area (Å²) in [5.74, 6) is 0. The second-order valence-corrected chi connectivity index (χ2v) is 14.4. The van der Waals surface area contributed by atoms with E-state index in [0.29, 0.717) is 0 Å². The Bertz CT molecular complexity index is 2810. The van der Waals surface area contributed by atoms with Gasteiger partial charge in [-0.3, -0.25) is 0 Å². The van der Waals surface area contributed by atoms with Crippen molar-refractivity contribution >= 4 is 94.2 Å². The van der Waals surface area contributed by atoms with Crippen LogP contribution in [0, 0.1) is 0 Å². The summed E-state index contributed by atoms with van der Waals surface area (Å²) in [5, 5.41) is 10.3. The molecule has 10 rings (SSSR count). The van der Waals surface area contributed by atoms with Crippen LogP contribution < -0.4 is 4.90 Å². The van der Waals surface area contributed by atoms with Crippen LogP contribution in [0.5, 0.6) is 0 Å². The summed E-state index contributed by atoms with van der Waals surface area (Å²) in [6.07, 6.45) is 0. The molecule has 3 heteroatoms. The molecule has 0 spiro atoms. The molecule has 0 amide bonds. The van der Waals surface area contributed by atoms with Crippen molar-refractivity contribution in [1.29, 1.82) is 0 Å². The monoisotopic (exact) mass is 664 g/mol. The van der Waals surface area contributed by atoms with Crippen molar-refractivity contribution in [1.82, 2.24) is 4.57 Å². The molecule has 0 atom stereocenters. The molecule has 2 aromatic heterocycles. The van der Waals surface area contributed by atoms with Crippen molar-refractivity contribution in [3.05, 3.63) is 170 Å². The number of hydrogen-bond acceptors (Lipinski definition) is 1. The minimum absolute atomic E-state index is 0.270. The predicted molar refractivity (Wildman–Crippen MR) is 202 cm³/mol. The van der Waals surface area contributed by atoms with Crippen molar-refractivity contribution in [2.24, 2.45) is 0 Å². The zero-order valence-electron chi connectivity index (χ0n) is 25.5. The molecular formula is C44H28N2Se. The van der Waals surface area contributed by atoms with Crippen molar-refractivity contribution in [2.75, 3.05) is 4.90 Å². The zero-order chi connectivity index (χ0) is 30.9. The first-order valence-corrected chi connectivity index (χ1v) is 17.7. The molecule has 0 saturated carbocycles. The Labute approximate surface area is 278 Å². The molecule has 0 aliphatic heterocycles. The molecule has 0 fully saturated rings. The number of nitrogens with zero attached hydrogens (tertiary/aromatic N) is 2. The first-order chi connectivity index (χ1) is 23.3. The molecule has 2 nitrogen and oxygen atoms in total. The van der Waals surface area contributed by atoms with Crippen molar-refractivity contribution < 1.29 is 0 Å². The van der Waals surface area contributed by atoms with E-state index in [-0.39, 0.29) is 14.5 Å². The SMILES string of the molecule is c1ccc(-n2c3ccccc3c3cc(N(c4ccc5c(c4)[se]c4ccccc45)c4cc5ccccc5c5ccccc45)ccc32)cc1. The number of anilines is 3. The molecule has 0 aliphatic carbocycles. The Hall–Kier alpha value is -5.60.